The first-order chi connectivity index (χ1) is 5.44. The lowest BCUT2D eigenvalue weighted by Crippen LogP contribution is -2.27. The lowest BCUT2D eigenvalue weighted by molar-refractivity contribution is -0.119. The predicted octanol–water partition coefficient (Wildman–Crippen LogP) is 1.93. The van der Waals surface area contributed by atoms with Crippen molar-refractivity contribution in [3.05, 3.63) is 0 Å². The van der Waals surface area contributed by atoms with E-state index in [4.69, 9.17) is 5.73 Å². The summed E-state index contributed by atoms with van der Waals surface area (Å²) in [5.74, 6) is 1.08. The van der Waals surface area contributed by atoms with Gasteiger partial charge in [0.15, 0.2) is 0 Å². The van der Waals surface area contributed by atoms with Crippen molar-refractivity contribution < 1.29 is 4.79 Å². The molecule has 1 rings (SSSR count). The van der Waals surface area contributed by atoms with Crippen molar-refractivity contribution in [3.8, 4) is 0 Å². The summed E-state index contributed by atoms with van der Waals surface area (Å²) in [6.07, 6.45) is 2.97. The van der Waals surface area contributed by atoms with Crippen LogP contribution in [0.2, 0.25) is 0 Å². The predicted molar refractivity (Wildman–Crippen MR) is 49.5 cm³/mol. The number of primary amides is 1. The van der Waals surface area contributed by atoms with E-state index in [1.807, 2.05) is 0 Å². The minimum absolute atomic E-state index is 0.151. The third kappa shape index (κ3) is 1.62. The molecule has 0 heterocycles. The fourth-order valence-corrected chi connectivity index (χ4v) is 2.21. The minimum atomic E-state index is -0.151. The van der Waals surface area contributed by atoms with Crippen LogP contribution in [-0.4, -0.2) is 5.91 Å². The molecule has 1 aliphatic carbocycles. The number of hydrogen-bond donors (Lipinski definition) is 1. The quantitative estimate of drug-likeness (QED) is 0.674. The maximum atomic E-state index is 10.8. The van der Waals surface area contributed by atoms with Crippen molar-refractivity contribution in [2.75, 3.05) is 0 Å². The first-order valence-corrected chi connectivity index (χ1v) is 4.73. The summed E-state index contributed by atoms with van der Waals surface area (Å²) in [5, 5.41) is 0. The molecule has 2 nitrogen and oxygen atoms in total. The van der Waals surface area contributed by atoms with Gasteiger partial charge in [0.1, 0.15) is 0 Å². The van der Waals surface area contributed by atoms with Gasteiger partial charge < -0.3 is 5.73 Å². The number of rotatable bonds is 2. The number of nitrogens with two attached hydrogens (primary N) is 1. The van der Waals surface area contributed by atoms with Crippen molar-refractivity contribution in [1.82, 2.24) is 0 Å². The summed E-state index contributed by atoms with van der Waals surface area (Å²) in [7, 11) is 0. The Balaban J connectivity index is 2.62. The van der Waals surface area contributed by atoms with Crippen LogP contribution in [0.3, 0.4) is 0 Å². The molecule has 1 fully saturated rings. The molecule has 2 N–H and O–H groups in total. The lowest BCUT2D eigenvalue weighted by Gasteiger charge is -2.30. The molecule has 0 radical (unpaired) electrons. The molecule has 0 aromatic carbocycles. The highest BCUT2D eigenvalue weighted by molar-refractivity contribution is 5.74. The van der Waals surface area contributed by atoms with Crippen LogP contribution in [0, 0.1) is 17.3 Å². The van der Waals surface area contributed by atoms with E-state index in [9.17, 15) is 4.79 Å². The van der Waals surface area contributed by atoms with Crippen molar-refractivity contribution in [1.29, 1.82) is 0 Å². The summed E-state index contributed by atoms with van der Waals surface area (Å²) >= 11 is 0. The summed E-state index contributed by atoms with van der Waals surface area (Å²) < 4.78 is 0. The summed E-state index contributed by atoms with van der Waals surface area (Å²) in [6, 6.07) is 0. The minimum Gasteiger partial charge on any atom is -0.370 e. The highest BCUT2D eigenvalue weighted by Crippen LogP contribution is 2.48. The van der Waals surface area contributed by atoms with Crippen molar-refractivity contribution in [2.24, 2.45) is 23.0 Å². The van der Waals surface area contributed by atoms with Gasteiger partial charge in [0.2, 0.25) is 5.91 Å². The average Bonchev–Trinajstić information content (AvgIpc) is 2.15. The van der Waals surface area contributed by atoms with E-state index >= 15 is 0 Å². The molecule has 12 heavy (non-hydrogen) atoms. The highest BCUT2D eigenvalue weighted by atomic mass is 16.1. The van der Waals surface area contributed by atoms with Crippen LogP contribution >= 0.6 is 0 Å². The van der Waals surface area contributed by atoms with Crippen LogP contribution in [-0.2, 0) is 4.79 Å². The molecule has 0 aromatic rings. The zero-order valence-electron chi connectivity index (χ0n) is 8.26. The van der Waals surface area contributed by atoms with E-state index in [2.05, 4.69) is 20.8 Å². The Kier molecular flexibility index (Phi) is 2.45. The van der Waals surface area contributed by atoms with Crippen molar-refractivity contribution in [3.63, 3.8) is 0 Å². The normalized spacial score (nSPS) is 33.6. The van der Waals surface area contributed by atoms with Gasteiger partial charge >= 0.3 is 0 Å². The lowest BCUT2D eigenvalue weighted by atomic mass is 9.75. The van der Waals surface area contributed by atoms with E-state index in [1.54, 1.807) is 0 Å². The van der Waals surface area contributed by atoms with Gasteiger partial charge in [-0.2, -0.15) is 0 Å². The fraction of sp³-hybridized carbons (Fsp3) is 0.900. The van der Waals surface area contributed by atoms with Crippen molar-refractivity contribution >= 4 is 5.91 Å². The fourth-order valence-electron chi connectivity index (χ4n) is 2.21. The second-order valence-corrected chi connectivity index (χ2v) is 4.67. The SMILES string of the molecule is C[C@H]1CC[C@@H](CC(N)=O)C1(C)C. The molecule has 1 saturated carbocycles. The van der Waals surface area contributed by atoms with Gasteiger partial charge in [-0.3, -0.25) is 4.79 Å². The van der Waals surface area contributed by atoms with Gasteiger partial charge in [-0.15, -0.1) is 0 Å². The van der Waals surface area contributed by atoms with Crippen LogP contribution < -0.4 is 5.73 Å². The zero-order chi connectivity index (χ0) is 9.35. The maximum absolute atomic E-state index is 10.8. The van der Waals surface area contributed by atoms with Gasteiger partial charge in [-0.25, -0.2) is 0 Å². The first kappa shape index (κ1) is 9.56. The molecule has 1 amide bonds. The van der Waals surface area contributed by atoms with Crippen molar-refractivity contribution in [2.45, 2.75) is 40.0 Å². The van der Waals surface area contributed by atoms with Gasteiger partial charge in [-0.05, 0) is 30.1 Å². The molecule has 1 aliphatic rings. The molecule has 0 unspecified atom stereocenters. The summed E-state index contributed by atoms with van der Waals surface area (Å²) in [6.45, 7) is 6.76. The first-order valence-electron chi connectivity index (χ1n) is 4.73. The zero-order valence-corrected chi connectivity index (χ0v) is 8.26. The van der Waals surface area contributed by atoms with E-state index < -0.39 is 0 Å². The molecule has 70 valence electrons. The Morgan fingerprint density at radius 1 is 1.50 bits per heavy atom. The molecule has 0 bridgehead atoms. The Hall–Kier alpha value is -0.530. The monoisotopic (exact) mass is 169 g/mol. The second-order valence-electron chi connectivity index (χ2n) is 4.67. The highest BCUT2D eigenvalue weighted by Gasteiger charge is 2.40. The van der Waals surface area contributed by atoms with Crippen LogP contribution in [0.25, 0.3) is 0 Å². The van der Waals surface area contributed by atoms with Gasteiger partial charge in [0, 0.05) is 6.42 Å². The molecule has 0 saturated heterocycles. The molecule has 0 aromatic heterocycles. The molecule has 0 aliphatic heterocycles. The van der Waals surface area contributed by atoms with Gasteiger partial charge in [-0.1, -0.05) is 20.8 Å². The van der Waals surface area contributed by atoms with Crippen LogP contribution in [0.15, 0.2) is 0 Å². The third-order valence-corrected chi connectivity index (χ3v) is 3.72. The Morgan fingerprint density at radius 3 is 2.42 bits per heavy atom. The number of amides is 1. The smallest absolute Gasteiger partial charge is 0.217 e. The summed E-state index contributed by atoms with van der Waals surface area (Å²) in [5.41, 5.74) is 5.50. The third-order valence-electron chi connectivity index (χ3n) is 3.72. The number of carbonyl (C=O) groups excluding carboxylic acids is 1. The van der Waals surface area contributed by atoms with E-state index in [0.29, 0.717) is 17.8 Å². The summed E-state index contributed by atoms with van der Waals surface area (Å²) in [4.78, 5) is 10.8. The topological polar surface area (TPSA) is 43.1 Å². The largest absolute Gasteiger partial charge is 0.370 e. The van der Waals surface area contributed by atoms with Crippen LogP contribution in [0.1, 0.15) is 40.0 Å². The average molecular weight is 169 g/mol. The Bertz CT molecular complexity index is 186. The van der Waals surface area contributed by atoms with Gasteiger partial charge in [0.25, 0.3) is 0 Å². The van der Waals surface area contributed by atoms with Crippen LogP contribution in [0.4, 0.5) is 0 Å². The standard InChI is InChI=1S/C10H19NO/c1-7-4-5-8(6-9(11)12)10(7,2)3/h7-8H,4-6H2,1-3H3,(H2,11,12)/t7-,8-/m0/s1. The second kappa shape index (κ2) is 3.08. The van der Waals surface area contributed by atoms with Crippen LogP contribution in [0.5, 0.6) is 0 Å². The van der Waals surface area contributed by atoms with E-state index in [-0.39, 0.29) is 5.91 Å². The number of carbonyl (C=O) groups is 1. The molecular formula is C10H19NO. The Labute approximate surface area is 74.5 Å². The molecule has 2 atom stereocenters. The molecule has 2 heteroatoms. The Morgan fingerprint density at radius 2 is 2.08 bits per heavy atom. The number of hydrogen-bond acceptors (Lipinski definition) is 1. The van der Waals surface area contributed by atoms with E-state index in [0.717, 1.165) is 12.3 Å². The van der Waals surface area contributed by atoms with E-state index in [1.165, 1.54) is 6.42 Å². The maximum Gasteiger partial charge on any atom is 0.217 e. The van der Waals surface area contributed by atoms with Gasteiger partial charge in [0.05, 0.1) is 0 Å². The molecule has 0 spiro atoms. The molecular weight excluding hydrogens is 150 g/mol.